The van der Waals surface area contributed by atoms with Gasteiger partial charge in [0.25, 0.3) is 0 Å². The molecule has 18 heavy (non-hydrogen) atoms. The van der Waals surface area contributed by atoms with Crippen LogP contribution in [0.1, 0.15) is 42.3 Å². The molecule has 0 aliphatic carbocycles. The Bertz CT molecular complexity index is 557. The summed E-state index contributed by atoms with van der Waals surface area (Å²) in [5.41, 5.74) is 9.86. The third-order valence-electron chi connectivity index (χ3n) is 3.18. The molecule has 2 N–H and O–H groups in total. The van der Waals surface area contributed by atoms with Crippen LogP contribution in [-0.4, -0.2) is 20.0 Å². The Hall–Kier alpha value is -1.75. The van der Waals surface area contributed by atoms with Gasteiger partial charge < -0.3 is 5.73 Å². The first-order valence-electron chi connectivity index (χ1n) is 6.13. The zero-order valence-corrected chi connectivity index (χ0v) is 11.3. The zero-order chi connectivity index (χ0) is 13.3. The fraction of sp³-hybridized carbons (Fsp3) is 0.462. The Morgan fingerprint density at radius 3 is 2.56 bits per heavy atom. The number of aromatic nitrogens is 4. The lowest BCUT2D eigenvalue weighted by Gasteiger charge is -2.10. The first-order chi connectivity index (χ1) is 8.54. The smallest absolute Gasteiger partial charge is 0.180 e. The summed E-state index contributed by atoms with van der Waals surface area (Å²) < 4.78 is 1.76. The molecule has 0 amide bonds. The molecular formula is C13H19N5. The fourth-order valence-corrected chi connectivity index (χ4v) is 1.84. The van der Waals surface area contributed by atoms with Crippen LogP contribution in [0.2, 0.25) is 0 Å². The van der Waals surface area contributed by atoms with Crippen molar-refractivity contribution in [3.8, 4) is 5.82 Å². The van der Waals surface area contributed by atoms with Crippen molar-refractivity contribution in [3.05, 3.63) is 34.8 Å². The third kappa shape index (κ3) is 2.13. The first kappa shape index (κ1) is 12.7. The molecule has 0 radical (unpaired) electrons. The summed E-state index contributed by atoms with van der Waals surface area (Å²) in [4.78, 5) is 0. The van der Waals surface area contributed by atoms with Gasteiger partial charge in [0.15, 0.2) is 5.82 Å². The van der Waals surface area contributed by atoms with Crippen LogP contribution < -0.4 is 5.73 Å². The highest BCUT2D eigenvalue weighted by atomic mass is 15.3. The molecule has 5 nitrogen and oxygen atoms in total. The maximum absolute atomic E-state index is 5.82. The molecule has 0 spiro atoms. The van der Waals surface area contributed by atoms with Crippen molar-refractivity contribution in [3.63, 3.8) is 0 Å². The summed E-state index contributed by atoms with van der Waals surface area (Å²) in [5, 5.41) is 12.9. The number of nitrogens with zero attached hydrogens (tertiary/aromatic N) is 4. The van der Waals surface area contributed by atoms with E-state index in [4.69, 9.17) is 5.73 Å². The molecule has 0 saturated carbocycles. The van der Waals surface area contributed by atoms with Crippen LogP contribution in [0.25, 0.3) is 5.82 Å². The zero-order valence-electron chi connectivity index (χ0n) is 11.3. The minimum absolute atomic E-state index is 0.395. The summed E-state index contributed by atoms with van der Waals surface area (Å²) >= 11 is 0. The molecule has 0 aliphatic heterocycles. The predicted molar refractivity (Wildman–Crippen MR) is 70.6 cm³/mol. The molecule has 0 aliphatic rings. The van der Waals surface area contributed by atoms with Crippen LogP contribution in [-0.2, 0) is 6.54 Å². The van der Waals surface area contributed by atoms with Crippen molar-refractivity contribution in [1.82, 2.24) is 20.0 Å². The van der Waals surface area contributed by atoms with Crippen molar-refractivity contribution in [1.29, 1.82) is 0 Å². The Labute approximate surface area is 107 Å². The van der Waals surface area contributed by atoms with E-state index in [1.54, 1.807) is 4.68 Å². The molecule has 2 aromatic rings. The Morgan fingerprint density at radius 2 is 2.00 bits per heavy atom. The largest absolute Gasteiger partial charge is 0.326 e. The van der Waals surface area contributed by atoms with E-state index in [-0.39, 0.29) is 0 Å². The summed E-state index contributed by atoms with van der Waals surface area (Å²) in [6, 6.07) is 2.00. The van der Waals surface area contributed by atoms with Gasteiger partial charge in [-0.05, 0) is 31.4 Å². The van der Waals surface area contributed by atoms with E-state index in [9.17, 15) is 0 Å². The number of nitrogens with two attached hydrogens (primary N) is 1. The van der Waals surface area contributed by atoms with Gasteiger partial charge in [0, 0.05) is 18.3 Å². The Morgan fingerprint density at radius 1 is 1.28 bits per heavy atom. The molecule has 0 saturated heterocycles. The number of aryl methyl sites for hydroxylation is 1. The number of hydrogen-bond donors (Lipinski definition) is 1. The standard InChI is InChI=1S/C13H19N5/c1-8(2)12-5-6-18(17-12)13-11(7-14)9(3)10(4)15-16-13/h5-6,8H,7,14H2,1-4H3. The number of rotatable bonds is 3. The Kier molecular flexibility index (Phi) is 3.43. The molecule has 0 fully saturated rings. The van der Waals surface area contributed by atoms with E-state index in [0.29, 0.717) is 12.5 Å². The topological polar surface area (TPSA) is 69.6 Å². The van der Waals surface area contributed by atoms with E-state index in [1.165, 1.54) is 0 Å². The van der Waals surface area contributed by atoms with Crippen LogP contribution >= 0.6 is 0 Å². The maximum Gasteiger partial charge on any atom is 0.180 e. The second kappa shape index (κ2) is 4.86. The lowest BCUT2D eigenvalue weighted by Crippen LogP contribution is -2.12. The average molecular weight is 245 g/mol. The summed E-state index contributed by atoms with van der Waals surface area (Å²) in [6.45, 7) is 8.62. The van der Waals surface area contributed by atoms with Crippen LogP contribution in [0, 0.1) is 13.8 Å². The second-order valence-electron chi connectivity index (χ2n) is 4.76. The van der Waals surface area contributed by atoms with Gasteiger partial charge in [-0.1, -0.05) is 13.8 Å². The highest BCUT2D eigenvalue weighted by Gasteiger charge is 2.13. The molecule has 2 rings (SSSR count). The van der Waals surface area contributed by atoms with E-state index >= 15 is 0 Å². The minimum atomic E-state index is 0.395. The lowest BCUT2D eigenvalue weighted by atomic mass is 10.1. The molecule has 5 heteroatoms. The summed E-state index contributed by atoms with van der Waals surface area (Å²) in [7, 11) is 0. The van der Waals surface area contributed by atoms with Crippen LogP contribution in [0.15, 0.2) is 12.3 Å². The molecule has 0 aromatic carbocycles. The van der Waals surface area contributed by atoms with E-state index in [1.807, 2.05) is 26.1 Å². The number of hydrogen-bond acceptors (Lipinski definition) is 4. The molecular weight excluding hydrogens is 226 g/mol. The molecule has 96 valence electrons. The average Bonchev–Trinajstić information content (AvgIpc) is 2.82. The van der Waals surface area contributed by atoms with Crippen molar-refractivity contribution in [2.45, 2.75) is 40.2 Å². The van der Waals surface area contributed by atoms with Gasteiger partial charge in [0.2, 0.25) is 0 Å². The summed E-state index contributed by atoms with van der Waals surface area (Å²) in [5.74, 6) is 1.12. The predicted octanol–water partition coefficient (Wildman–Crippen LogP) is 1.86. The van der Waals surface area contributed by atoms with Gasteiger partial charge in [-0.2, -0.15) is 10.2 Å². The fourth-order valence-electron chi connectivity index (χ4n) is 1.84. The van der Waals surface area contributed by atoms with Crippen molar-refractivity contribution >= 4 is 0 Å². The summed E-state index contributed by atoms with van der Waals surface area (Å²) in [6.07, 6.45) is 1.91. The van der Waals surface area contributed by atoms with Crippen molar-refractivity contribution in [2.24, 2.45) is 5.73 Å². The monoisotopic (exact) mass is 245 g/mol. The van der Waals surface area contributed by atoms with Crippen LogP contribution in [0.3, 0.4) is 0 Å². The highest BCUT2D eigenvalue weighted by Crippen LogP contribution is 2.18. The van der Waals surface area contributed by atoms with Gasteiger partial charge >= 0.3 is 0 Å². The molecule has 0 unspecified atom stereocenters. The second-order valence-corrected chi connectivity index (χ2v) is 4.76. The molecule has 2 heterocycles. The van der Waals surface area contributed by atoms with E-state index in [2.05, 4.69) is 29.1 Å². The Balaban J connectivity index is 2.53. The van der Waals surface area contributed by atoms with Crippen molar-refractivity contribution < 1.29 is 0 Å². The van der Waals surface area contributed by atoms with Crippen LogP contribution in [0.5, 0.6) is 0 Å². The minimum Gasteiger partial charge on any atom is -0.326 e. The highest BCUT2D eigenvalue weighted by molar-refractivity contribution is 5.40. The van der Waals surface area contributed by atoms with Gasteiger partial charge in [0.05, 0.1) is 11.4 Å². The van der Waals surface area contributed by atoms with Gasteiger partial charge in [-0.25, -0.2) is 4.68 Å². The molecule has 0 bridgehead atoms. The van der Waals surface area contributed by atoms with E-state index in [0.717, 1.165) is 28.3 Å². The maximum atomic E-state index is 5.82. The SMILES string of the molecule is Cc1nnc(-n2ccc(C(C)C)n2)c(CN)c1C. The first-order valence-corrected chi connectivity index (χ1v) is 6.13. The van der Waals surface area contributed by atoms with Crippen molar-refractivity contribution in [2.75, 3.05) is 0 Å². The quantitative estimate of drug-likeness (QED) is 0.896. The third-order valence-corrected chi connectivity index (χ3v) is 3.18. The van der Waals surface area contributed by atoms with Gasteiger partial charge in [-0.15, -0.1) is 5.10 Å². The van der Waals surface area contributed by atoms with Crippen LogP contribution in [0.4, 0.5) is 0 Å². The normalized spacial score (nSPS) is 11.2. The molecule has 0 atom stereocenters. The van der Waals surface area contributed by atoms with Gasteiger partial charge in [0.1, 0.15) is 0 Å². The van der Waals surface area contributed by atoms with E-state index < -0.39 is 0 Å². The molecule has 2 aromatic heterocycles. The lowest BCUT2D eigenvalue weighted by molar-refractivity contribution is 0.731. The van der Waals surface area contributed by atoms with Gasteiger partial charge in [-0.3, -0.25) is 0 Å².